The van der Waals surface area contributed by atoms with Crippen molar-refractivity contribution in [2.45, 2.75) is 6.54 Å². The average Bonchev–Trinajstić information content (AvgIpc) is 1.93. The first-order valence-electron chi connectivity index (χ1n) is 3.05. The fourth-order valence-electron chi connectivity index (χ4n) is 0.739. The van der Waals surface area contributed by atoms with Crippen molar-refractivity contribution in [2.24, 2.45) is 0 Å². The molecule has 0 saturated carbocycles. The number of nitrogens with zero attached hydrogens (tertiary/aromatic N) is 1. The molecule has 0 aliphatic heterocycles. The summed E-state index contributed by atoms with van der Waals surface area (Å²) in [5, 5.41) is 9.97. The molecule has 0 bridgehead atoms. The molecule has 0 atom stereocenters. The highest BCUT2D eigenvalue weighted by atomic mass is 19.1. The normalized spacial score (nSPS) is 9.55. The van der Waals surface area contributed by atoms with Crippen LogP contribution in [0.1, 0.15) is 5.56 Å². The van der Waals surface area contributed by atoms with Gasteiger partial charge >= 0.3 is 0 Å². The van der Waals surface area contributed by atoms with Crippen LogP contribution >= 0.6 is 0 Å². The van der Waals surface area contributed by atoms with E-state index in [2.05, 4.69) is 0 Å². The average molecular weight is 155 g/mol. The Bertz CT molecular complexity index is 258. The van der Waals surface area contributed by atoms with Gasteiger partial charge in [-0.15, -0.1) is 0 Å². The number of nitro groups is 1. The van der Waals surface area contributed by atoms with Crippen LogP contribution in [0.5, 0.6) is 0 Å². The molecule has 1 rings (SSSR count). The Hall–Kier alpha value is -1.45. The molecule has 11 heavy (non-hydrogen) atoms. The molecule has 0 aliphatic rings. The Balaban J connectivity index is 2.74. The Morgan fingerprint density at radius 1 is 1.36 bits per heavy atom. The molecule has 0 amide bonds. The molecule has 0 unspecified atom stereocenters. The fraction of sp³-hybridized carbons (Fsp3) is 0.143. The van der Waals surface area contributed by atoms with Gasteiger partial charge in [-0.3, -0.25) is 10.1 Å². The summed E-state index contributed by atoms with van der Waals surface area (Å²) >= 11 is 0. The van der Waals surface area contributed by atoms with Crippen LogP contribution in [-0.4, -0.2) is 4.92 Å². The number of rotatable bonds is 2. The van der Waals surface area contributed by atoms with E-state index in [-0.39, 0.29) is 12.4 Å². The highest BCUT2D eigenvalue weighted by Gasteiger charge is 1.99. The van der Waals surface area contributed by atoms with Gasteiger partial charge < -0.3 is 0 Å². The second-order valence-electron chi connectivity index (χ2n) is 2.12. The molecule has 0 N–H and O–H groups in total. The van der Waals surface area contributed by atoms with E-state index in [0.29, 0.717) is 5.56 Å². The minimum Gasteiger partial charge on any atom is -0.264 e. The lowest BCUT2D eigenvalue weighted by molar-refractivity contribution is -0.496. The van der Waals surface area contributed by atoms with Crippen molar-refractivity contribution in [1.82, 2.24) is 0 Å². The van der Waals surface area contributed by atoms with Gasteiger partial charge in [0.15, 0.2) is 0 Å². The summed E-state index contributed by atoms with van der Waals surface area (Å²) in [6.07, 6.45) is 0. The molecule has 1 aromatic carbocycles. The van der Waals surface area contributed by atoms with Gasteiger partial charge in [0.25, 0.3) is 0 Å². The molecule has 58 valence electrons. The third kappa shape index (κ3) is 2.33. The molecule has 0 saturated heterocycles. The van der Waals surface area contributed by atoms with Gasteiger partial charge in [-0.25, -0.2) is 4.39 Å². The zero-order chi connectivity index (χ0) is 8.27. The lowest BCUT2D eigenvalue weighted by Gasteiger charge is -1.92. The minimum absolute atomic E-state index is 0.250. The van der Waals surface area contributed by atoms with Crippen LogP contribution in [0.15, 0.2) is 24.3 Å². The highest BCUT2D eigenvalue weighted by Crippen LogP contribution is 2.02. The maximum absolute atomic E-state index is 12.3. The van der Waals surface area contributed by atoms with Gasteiger partial charge in [0.05, 0.1) is 0 Å². The van der Waals surface area contributed by atoms with Gasteiger partial charge in [-0.1, -0.05) is 0 Å². The Labute approximate surface area is 62.6 Å². The molecular formula is C7H6FNO2. The van der Waals surface area contributed by atoms with Crippen LogP contribution in [0.25, 0.3) is 0 Å². The molecule has 0 aromatic heterocycles. The zero-order valence-corrected chi connectivity index (χ0v) is 5.66. The van der Waals surface area contributed by atoms with E-state index in [1.165, 1.54) is 24.3 Å². The maximum Gasteiger partial charge on any atom is 0.228 e. The summed E-state index contributed by atoms with van der Waals surface area (Å²) in [6.45, 7) is -0.250. The van der Waals surface area contributed by atoms with Crippen molar-refractivity contribution in [2.75, 3.05) is 0 Å². The summed E-state index contributed by atoms with van der Waals surface area (Å²) in [5.41, 5.74) is 0.511. The van der Waals surface area contributed by atoms with Crippen molar-refractivity contribution in [1.29, 1.82) is 0 Å². The zero-order valence-electron chi connectivity index (χ0n) is 5.66. The van der Waals surface area contributed by atoms with E-state index in [4.69, 9.17) is 0 Å². The van der Waals surface area contributed by atoms with E-state index in [1.807, 2.05) is 0 Å². The summed E-state index contributed by atoms with van der Waals surface area (Å²) in [4.78, 5) is 9.51. The molecular weight excluding hydrogens is 149 g/mol. The fourth-order valence-corrected chi connectivity index (χ4v) is 0.739. The van der Waals surface area contributed by atoms with Crippen molar-refractivity contribution in [3.05, 3.63) is 45.8 Å². The third-order valence-electron chi connectivity index (χ3n) is 1.22. The lowest BCUT2D eigenvalue weighted by atomic mass is 10.2. The van der Waals surface area contributed by atoms with Gasteiger partial charge in [0.2, 0.25) is 6.54 Å². The molecule has 1 aromatic rings. The van der Waals surface area contributed by atoms with E-state index < -0.39 is 4.92 Å². The molecule has 0 radical (unpaired) electrons. The van der Waals surface area contributed by atoms with Crippen molar-refractivity contribution in [3.8, 4) is 0 Å². The monoisotopic (exact) mass is 155 g/mol. The largest absolute Gasteiger partial charge is 0.264 e. The molecule has 0 heterocycles. The number of hydrogen-bond acceptors (Lipinski definition) is 2. The predicted octanol–water partition coefficient (Wildman–Crippen LogP) is 1.60. The van der Waals surface area contributed by atoms with E-state index in [0.717, 1.165) is 0 Å². The molecule has 0 fully saturated rings. The van der Waals surface area contributed by atoms with Crippen LogP contribution in [0.4, 0.5) is 4.39 Å². The first-order chi connectivity index (χ1) is 5.18. The predicted molar refractivity (Wildman–Crippen MR) is 37.1 cm³/mol. The summed E-state index contributed by atoms with van der Waals surface area (Å²) in [5.74, 6) is -0.378. The van der Waals surface area contributed by atoms with E-state index in [1.54, 1.807) is 0 Å². The second-order valence-corrected chi connectivity index (χ2v) is 2.12. The number of halogens is 1. The Morgan fingerprint density at radius 3 is 2.36 bits per heavy atom. The topological polar surface area (TPSA) is 43.1 Å². The standard InChI is InChI=1S/C7H6FNO2/c8-7-3-1-6(2-4-7)5-9(10)11/h1-4H,5H2. The van der Waals surface area contributed by atoms with E-state index >= 15 is 0 Å². The van der Waals surface area contributed by atoms with Crippen LogP contribution in [0.3, 0.4) is 0 Å². The molecule has 4 heteroatoms. The van der Waals surface area contributed by atoms with Crippen LogP contribution in [0, 0.1) is 15.9 Å². The van der Waals surface area contributed by atoms with Crippen molar-refractivity contribution in [3.63, 3.8) is 0 Å². The van der Waals surface area contributed by atoms with E-state index in [9.17, 15) is 14.5 Å². The van der Waals surface area contributed by atoms with Crippen molar-refractivity contribution >= 4 is 0 Å². The highest BCUT2D eigenvalue weighted by molar-refractivity contribution is 5.14. The van der Waals surface area contributed by atoms with Crippen molar-refractivity contribution < 1.29 is 9.31 Å². The second kappa shape index (κ2) is 3.09. The summed E-state index contributed by atoms with van der Waals surface area (Å²) < 4.78 is 12.3. The first-order valence-corrected chi connectivity index (χ1v) is 3.05. The SMILES string of the molecule is O=[N+]([O-])Cc1ccc(F)cc1. The maximum atomic E-state index is 12.3. The van der Waals surface area contributed by atoms with Gasteiger partial charge in [0, 0.05) is 10.5 Å². The quantitative estimate of drug-likeness (QED) is 0.481. The number of benzene rings is 1. The van der Waals surface area contributed by atoms with Crippen LogP contribution in [-0.2, 0) is 6.54 Å². The van der Waals surface area contributed by atoms with Gasteiger partial charge in [-0.2, -0.15) is 0 Å². The third-order valence-corrected chi connectivity index (χ3v) is 1.22. The molecule has 0 spiro atoms. The number of hydrogen-bond donors (Lipinski definition) is 0. The van der Waals surface area contributed by atoms with Gasteiger partial charge in [0.1, 0.15) is 5.82 Å². The molecule has 3 nitrogen and oxygen atoms in total. The molecule has 0 aliphatic carbocycles. The Morgan fingerprint density at radius 2 is 1.91 bits per heavy atom. The Kier molecular flexibility index (Phi) is 2.15. The minimum atomic E-state index is -0.451. The smallest absolute Gasteiger partial charge is 0.228 e. The van der Waals surface area contributed by atoms with Crippen LogP contribution in [0.2, 0.25) is 0 Å². The first kappa shape index (κ1) is 7.65. The summed E-state index contributed by atoms with van der Waals surface area (Å²) in [7, 11) is 0. The lowest BCUT2D eigenvalue weighted by Crippen LogP contribution is -1.97. The van der Waals surface area contributed by atoms with Gasteiger partial charge in [-0.05, 0) is 24.3 Å². The summed E-state index contributed by atoms with van der Waals surface area (Å²) in [6, 6.07) is 5.22. The van der Waals surface area contributed by atoms with Crippen LogP contribution < -0.4 is 0 Å².